The molecule has 6 nitrogen and oxygen atoms in total. The topological polar surface area (TPSA) is 88.3 Å². The van der Waals surface area contributed by atoms with Gasteiger partial charge in [-0.05, 0) is 42.4 Å². The SMILES string of the molecule is CCc1cc(NC(=O)C(=O)N2CC(C)CCC2c2ccccc2)cnc1N. The number of nitrogens with zero attached hydrogens (tertiary/aromatic N) is 2. The van der Waals surface area contributed by atoms with E-state index in [-0.39, 0.29) is 6.04 Å². The van der Waals surface area contributed by atoms with Crippen molar-refractivity contribution in [3.05, 3.63) is 53.7 Å². The number of benzene rings is 1. The lowest BCUT2D eigenvalue weighted by atomic mass is 9.90. The van der Waals surface area contributed by atoms with E-state index in [1.165, 1.54) is 6.20 Å². The molecule has 0 saturated carbocycles. The Morgan fingerprint density at radius 2 is 2.00 bits per heavy atom. The molecule has 2 unspecified atom stereocenters. The van der Waals surface area contributed by atoms with Crippen LogP contribution in [0.4, 0.5) is 11.5 Å². The molecule has 6 heteroatoms. The highest BCUT2D eigenvalue weighted by molar-refractivity contribution is 6.39. The number of pyridine rings is 1. The largest absolute Gasteiger partial charge is 0.383 e. The van der Waals surface area contributed by atoms with Crippen molar-refractivity contribution in [1.29, 1.82) is 0 Å². The van der Waals surface area contributed by atoms with Gasteiger partial charge in [-0.15, -0.1) is 0 Å². The molecule has 0 aliphatic carbocycles. The third-order valence-electron chi connectivity index (χ3n) is 5.10. The molecule has 1 aromatic carbocycles. The summed E-state index contributed by atoms with van der Waals surface area (Å²) >= 11 is 0. The van der Waals surface area contributed by atoms with Crippen molar-refractivity contribution < 1.29 is 9.59 Å². The first kappa shape index (κ1) is 18.9. The van der Waals surface area contributed by atoms with E-state index in [1.807, 2.05) is 37.3 Å². The minimum atomic E-state index is -0.640. The number of carbonyl (C=O) groups is 2. The summed E-state index contributed by atoms with van der Waals surface area (Å²) in [6, 6.07) is 11.6. The van der Waals surface area contributed by atoms with Gasteiger partial charge in [-0.2, -0.15) is 0 Å². The summed E-state index contributed by atoms with van der Waals surface area (Å²) in [5.41, 5.74) is 8.20. The molecule has 0 bridgehead atoms. The molecule has 27 heavy (non-hydrogen) atoms. The number of carbonyl (C=O) groups excluding carboxylic acids is 2. The second-order valence-corrected chi connectivity index (χ2v) is 7.14. The fraction of sp³-hybridized carbons (Fsp3) is 0.381. The zero-order valence-electron chi connectivity index (χ0n) is 15.8. The molecule has 2 heterocycles. The Balaban J connectivity index is 1.78. The second kappa shape index (κ2) is 8.20. The summed E-state index contributed by atoms with van der Waals surface area (Å²) in [7, 11) is 0. The number of likely N-dealkylation sites (tertiary alicyclic amines) is 1. The number of anilines is 2. The second-order valence-electron chi connectivity index (χ2n) is 7.14. The Kier molecular flexibility index (Phi) is 5.74. The number of aryl methyl sites for hydroxylation is 1. The number of hydrogen-bond acceptors (Lipinski definition) is 4. The van der Waals surface area contributed by atoms with Crippen LogP contribution in [0, 0.1) is 5.92 Å². The maximum absolute atomic E-state index is 12.9. The molecule has 3 N–H and O–H groups in total. The first-order valence-electron chi connectivity index (χ1n) is 9.40. The van der Waals surface area contributed by atoms with Gasteiger partial charge in [0.25, 0.3) is 0 Å². The van der Waals surface area contributed by atoms with Crippen molar-refractivity contribution in [1.82, 2.24) is 9.88 Å². The monoisotopic (exact) mass is 366 g/mol. The number of amides is 2. The Hall–Kier alpha value is -2.89. The molecule has 2 atom stereocenters. The number of aromatic nitrogens is 1. The molecule has 0 radical (unpaired) electrons. The maximum atomic E-state index is 12.9. The van der Waals surface area contributed by atoms with Gasteiger partial charge in [0.2, 0.25) is 0 Å². The standard InChI is InChI=1S/C21H26N4O2/c1-3-15-11-17(12-23-19(15)22)24-20(26)21(27)25-13-14(2)9-10-18(25)16-7-5-4-6-8-16/h4-8,11-12,14,18H,3,9-10,13H2,1-2H3,(H2,22,23)(H,24,26). The molecule has 142 valence electrons. The first-order chi connectivity index (χ1) is 13.0. The third-order valence-corrected chi connectivity index (χ3v) is 5.10. The molecule has 0 spiro atoms. The van der Waals surface area contributed by atoms with Crippen molar-refractivity contribution in [2.75, 3.05) is 17.6 Å². The zero-order valence-corrected chi connectivity index (χ0v) is 15.8. The van der Waals surface area contributed by atoms with Crippen LogP contribution in [0.2, 0.25) is 0 Å². The van der Waals surface area contributed by atoms with Gasteiger partial charge >= 0.3 is 11.8 Å². The van der Waals surface area contributed by atoms with Crippen molar-refractivity contribution >= 4 is 23.3 Å². The van der Waals surface area contributed by atoms with E-state index in [4.69, 9.17) is 5.73 Å². The molecule has 1 aliphatic heterocycles. The van der Waals surface area contributed by atoms with Gasteiger partial charge < -0.3 is 16.0 Å². The van der Waals surface area contributed by atoms with Crippen LogP contribution in [0.5, 0.6) is 0 Å². The van der Waals surface area contributed by atoms with Crippen LogP contribution in [-0.4, -0.2) is 28.2 Å². The van der Waals surface area contributed by atoms with Crippen LogP contribution in [0.1, 0.15) is 43.9 Å². The molecular formula is C21H26N4O2. The van der Waals surface area contributed by atoms with Crippen LogP contribution in [-0.2, 0) is 16.0 Å². The van der Waals surface area contributed by atoms with Gasteiger partial charge in [-0.25, -0.2) is 4.98 Å². The van der Waals surface area contributed by atoms with E-state index in [0.717, 1.165) is 24.0 Å². The van der Waals surface area contributed by atoms with Crippen molar-refractivity contribution in [2.45, 2.75) is 39.2 Å². The third kappa shape index (κ3) is 4.27. The number of piperidine rings is 1. The highest BCUT2D eigenvalue weighted by Gasteiger charge is 2.34. The predicted octanol–water partition coefficient (Wildman–Crippen LogP) is 3.16. The molecule has 1 fully saturated rings. The molecule has 1 saturated heterocycles. The van der Waals surface area contributed by atoms with Crippen LogP contribution in [0.15, 0.2) is 42.6 Å². The van der Waals surface area contributed by atoms with Crippen LogP contribution in [0.25, 0.3) is 0 Å². The summed E-state index contributed by atoms with van der Waals surface area (Å²) in [6.07, 6.45) is 4.07. The Labute approximate surface area is 159 Å². The van der Waals surface area contributed by atoms with Crippen molar-refractivity contribution in [3.63, 3.8) is 0 Å². The van der Waals surface area contributed by atoms with Crippen LogP contribution in [0.3, 0.4) is 0 Å². The Bertz CT molecular complexity index is 822. The predicted molar refractivity (Wildman–Crippen MR) is 106 cm³/mol. The number of nitrogen functional groups attached to an aromatic ring is 1. The van der Waals surface area contributed by atoms with Gasteiger partial charge in [0.1, 0.15) is 5.82 Å². The molecule has 2 aromatic rings. The Morgan fingerprint density at radius 1 is 1.26 bits per heavy atom. The minimum absolute atomic E-state index is 0.0728. The molecule has 2 amide bonds. The lowest BCUT2D eigenvalue weighted by Crippen LogP contribution is -2.46. The average molecular weight is 366 g/mol. The Morgan fingerprint density at radius 3 is 2.70 bits per heavy atom. The molecule has 1 aromatic heterocycles. The summed E-state index contributed by atoms with van der Waals surface area (Å²) < 4.78 is 0. The zero-order chi connectivity index (χ0) is 19.4. The minimum Gasteiger partial charge on any atom is -0.383 e. The maximum Gasteiger partial charge on any atom is 0.313 e. The molecular weight excluding hydrogens is 340 g/mol. The number of hydrogen-bond donors (Lipinski definition) is 2. The van der Waals surface area contributed by atoms with E-state index in [0.29, 0.717) is 30.4 Å². The van der Waals surface area contributed by atoms with E-state index in [9.17, 15) is 9.59 Å². The van der Waals surface area contributed by atoms with Gasteiger partial charge in [0.05, 0.1) is 17.9 Å². The highest BCUT2D eigenvalue weighted by Crippen LogP contribution is 2.33. The van der Waals surface area contributed by atoms with Crippen molar-refractivity contribution in [2.24, 2.45) is 5.92 Å². The molecule has 3 rings (SSSR count). The van der Waals surface area contributed by atoms with Crippen LogP contribution < -0.4 is 11.1 Å². The first-order valence-corrected chi connectivity index (χ1v) is 9.40. The van der Waals surface area contributed by atoms with Gasteiger partial charge in [0, 0.05) is 6.54 Å². The highest BCUT2D eigenvalue weighted by atomic mass is 16.2. The molecule has 1 aliphatic rings. The quantitative estimate of drug-likeness (QED) is 0.817. The van der Waals surface area contributed by atoms with Gasteiger partial charge in [-0.1, -0.05) is 44.2 Å². The van der Waals surface area contributed by atoms with Gasteiger partial charge in [-0.3, -0.25) is 9.59 Å². The normalized spacial score (nSPS) is 19.6. The number of nitrogens with one attached hydrogen (secondary N) is 1. The lowest BCUT2D eigenvalue weighted by molar-refractivity contribution is -0.146. The van der Waals surface area contributed by atoms with Crippen molar-refractivity contribution in [3.8, 4) is 0 Å². The lowest BCUT2D eigenvalue weighted by Gasteiger charge is -2.38. The fourth-order valence-electron chi connectivity index (χ4n) is 3.59. The summed E-state index contributed by atoms with van der Waals surface area (Å²) in [6.45, 7) is 4.65. The summed E-state index contributed by atoms with van der Waals surface area (Å²) in [4.78, 5) is 31.3. The fourth-order valence-corrected chi connectivity index (χ4v) is 3.59. The van der Waals surface area contributed by atoms with E-state index >= 15 is 0 Å². The summed E-state index contributed by atoms with van der Waals surface area (Å²) in [5, 5.41) is 2.68. The number of nitrogens with two attached hydrogens (primary N) is 1. The average Bonchev–Trinajstić information content (AvgIpc) is 2.69. The van der Waals surface area contributed by atoms with E-state index < -0.39 is 11.8 Å². The summed E-state index contributed by atoms with van der Waals surface area (Å²) in [5.74, 6) is -0.341. The van der Waals surface area contributed by atoms with E-state index in [1.54, 1.807) is 11.0 Å². The number of rotatable bonds is 3. The smallest absolute Gasteiger partial charge is 0.313 e. The van der Waals surface area contributed by atoms with E-state index in [2.05, 4.69) is 17.2 Å². The van der Waals surface area contributed by atoms with Gasteiger partial charge in [0.15, 0.2) is 0 Å². The van der Waals surface area contributed by atoms with Crippen LogP contribution >= 0.6 is 0 Å².